The van der Waals surface area contributed by atoms with E-state index in [9.17, 15) is 4.39 Å². The molecule has 2 N–H and O–H groups in total. The van der Waals surface area contributed by atoms with Crippen LogP contribution in [0.1, 0.15) is 11.1 Å². The second-order valence-electron chi connectivity index (χ2n) is 5.49. The van der Waals surface area contributed by atoms with Gasteiger partial charge in [-0.2, -0.15) is 0 Å². The zero-order valence-corrected chi connectivity index (χ0v) is 16.2. The van der Waals surface area contributed by atoms with Crippen LogP contribution in [0.3, 0.4) is 0 Å². The Morgan fingerprint density at radius 3 is 2.65 bits per heavy atom. The van der Waals surface area contributed by atoms with E-state index in [1.807, 2.05) is 12.1 Å². The van der Waals surface area contributed by atoms with Crippen molar-refractivity contribution in [3.8, 4) is 11.5 Å². The first-order valence-electron chi connectivity index (χ1n) is 8.27. The lowest BCUT2D eigenvalue weighted by Crippen LogP contribution is -2.20. The maximum atomic E-state index is 13.7. The Morgan fingerprint density at radius 1 is 1.12 bits per heavy atom. The number of hydrogen-bond donors (Lipinski definition) is 2. The molecule has 0 saturated heterocycles. The number of aliphatic hydroxyl groups excluding tert-OH is 1. The molecule has 0 aliphatic rings. The van der Waals surface area contributed by atoms with Gasteiger partial charge in [-0.15, -0.1) is 0 Å². The van der Waals surface area contributed by atoms with Gasteiger partial charge in [0, 0.05) is 23.1 Å². The van der Waals surface area contributed by atoms with Crippen LogP contribution in [-0.4, -0.2) is 38.6 Å². The van der Waals surface area contributed by atoms with E-state index >= 15 is 0 Å². The summed E-state index contributed by atoms with van der Waals surface area (Å²) in [5.41, 5.74) is 1.49. The Balaban J connectivity index is 1.96. The molecule has 0 atom stereocenters. The SMILES string of the molecule is COc1cc(CNCCOCCO)c(Br)cc1OCc1ccccc1F. The molecule has 0 heterocycles. The van der Waals surface area contributed by atoms with Gasteiger partial charge in [-0.25, -0.2) is 4.39 Å². The van der Waals surface area contributed by atoms with E-state index < -0.39 is 0 Å². The molecule has 2 rings (SSSR count). The second kappa shape index (κ2) is 11.1. The summed E-state index contributed by atoms with van der Waals surface area (Å²) in [6.07, 6.45) is 0. The Kier molecular flexibility index (Phi) is 8.84. The van der Waals surface area contributed by atoms with Crippen LogP contribution in [0.25, 0.3) is 0 Å². The molecule has 26 heavy (non-hydrogen) atoms. The summed E-state index contributed by atoms with van der Waals surface area (Å²) in [5.74, 6) is 0.824. The molecule has 5 nitrogen and oxygen atoms in total. The van der Waals surface area contributed by atoms with Gasteiger partial charge in [-0.3, -0.25) is 0 Å². The van der Waals surface area contributed by atoms with Crippen molar-refractivity contribution in [3.05, 3.63) is 57.8 Å². The van der Waals surface area contributed by atoms with Gasteiger partial charge >= 0.3 is 0 Å². The summed E-state index contributed by atoms with van der Waals surface area (Å²) in [4.78, 5) is 0. The minimum Gasteiger partial charge on any atom is -0.493 e. The molecule has 0 radical (unpaired) electrons. The van der Waals surface area contributed by atoms with Crippen molar-refractivity contribution in [2.45, 2.75) is 13.2 Å². The lowest BCUT2D eigenvalue weighted by Gasteiger charge is -2.15. The van der Waals surface area contributed by atoms with Crippen LogP contribution in [0.2, 0.25) is 0 Å². The number of halogens is 2. The molecule has 0 aliphatic heterocycles. The largest absolute Gasteiger partial charge is 0.493 e. The fourth-order valence-electron chi connectivity index (χ4n) is 2.29. The minimum absolute atomic E-state index is 0.0249. The molecule has 0 saturated carbocycles. The fraction of sp³-hybridized carbons (Fsp3) is 0.368. The quantitative estimate of drug-likeness (QED) is 0.538. The predicted molar refractivity (Wildman–Crippen MR) is 101 cm³/mol. The molecule has 0 aromatic heterocycles. The van der Waals surface area contributed by atoms with E-state index in [1.165, 1.54) is 6.07 Å². The van der Waals surface area contributed by atoms with E-state index in [-0.39, 0.29) is 19.0 Å². The normalized spacial score (nSPS) is 10.8. The van der Waals surface area contributed by atoms with Crippen LogP contribution in [0.5, 0.6) is 11.5 Å². The highest BCUT2D eigenvalue weighted by Crippen LogP contribution is 2.34. The minimum atomic E-state index is -0.297. The Morgan fingerprint density at radius 2 is 1.92 bits per heavy atom. The number of hydrogen-bond acceptors (Lipinski definition) is 5. The molecule has 2 aromatic carbocycles. The summed E-state index contributed by atoms with van der Waals surface area (Å²) in [6, 6.07) is 10.2. The first-order valence-corrected chi connectivity index (χ1v) is 9.07. The highest BCUT2D eigenvalue weighted by atomic mass is 79.9. The molecule has 0 fully saturated rings. The lowest BCUT2D eigenvalue weighted by atomic mass is 10.2. The second-order valence-corrected chi connectivity index (χ2v) is 6.34. The van der Waals surface area contributed by atoms with E-state index in [0.29, 0.717) is 43.4 Å². The average Bonchev–Trinajstić information content (AvgIpc) is 2.65. The van der Waals surface area contributed by atoms with E-state index in [4.69, 9.17) is 19.3 Å². The summed E-state index contributed by atoms with van der Waals surface area (Å²) in [5, 5.41) is 11.9. The van der Waals surface area contributed by atoms with Crippen molar-refractivity contribution in [1.29, 1.82) is 0 Å². The van der Waals surface area contributed by atoms with Crippen LogP contribution in [0, 0.1) is 5.82 Å². The first kappa shape index (κ1) is 20.6. The Hall–Kier alpha value is -1.67. The molecule has 7 heteroatoms. The molecule has 0 unspecified atom stereocenters. The highest BCUT2D eigenvalue weighted by molar-refractivity contribution is 9.10. The highest BCUT2D eigenvalue weighted by Gasteiger charge is 2.11. The van der Waals surface area contributed by atoms with Gasteiger partial charge in [0.2, 0.25) is 0 Å². The predicted octanol–water partition coefficient (Wildman–Crippen LogP) is 3.27. The van der Waals surface area contributed by atoms with Crippen molar-refractivity contribution in [3.63, 3.8) is 0 Å². The Bertz CT molecular complexity index is 699. The third-order valence-electron chi connectivity index (χ3n) is 3.65. The third kappa shape index (κ3) is 6.25. The topological polar surface area (TPSA) is 60.0 Å². The van der Waals surface area contributed by atoms with Gasteiger partial charge in [0.25, 0.3) is 0 Å². The number of rotatable bonds is 11. The van der Waals surface area contributed by atoms with Crippen molar-refractivity contribution in [1.82, 2.24) is 5.32 Å². The van der Waals surface area contributed by atoms with E-state index in [1.54, 1.807) is 25.3 Å². The molecule has 142 valence electrons. The smallest absolute Gasteiger partial charge is 0.162 e. The van der Waals surface area contributed by atoms with Crippen LogP contribution in [0.4, 0.5) is 4.39 Å². The van der Waals surface area contributed by atoms with Crippen molar-refractivity contribution >= 4 is 15.9 Å². The standard InChI is InChI=1S/C19H23BrFNO4/c1-24-18-10-15(12-22-6-8-25-9-7-23)16(20)11-19(18)26-13-14-4-2-3-5-17(14)21/h2-5,10-11,22-23H,6-9,12-13H2,1H3. The Labute approximate surface area is 161 Å². The van der Waals surface area contributed by atoms with Crippen molar-refractivity contribution in [2.24, 2.45) is 0 Å². The number of ether oxygens (including phenoxy) is 3. The maximum Gasteiger partial charge on any atom is 0.162 e. The average molecular weight is 428 g/mol. The molecular weight excluding hydrogens is 405 g/mol. The third-order valence-corrected chi connectivity index (χ3v) is 4.39. The summed E-state index contributed by atoms with van der Waals surface area (Å²) < 4.78 is 30.9. The van der Waals surface area contributed by atoms with Gasteiger partial charge in [-0.1, -0.05) is 34.1 Å². The zero-order valence-electron chi connectivity index (χ0n) is 14.6. The van der Waals surface area contributed by atoms with Crippen LogP contribution < -0.4 is 14.8 Å². The summed E-state index contributed by atoms with van der Waals surface area (Å²) >= 11 is 3.53. The molecule has 0 bridgehead atoms. The molecule has 0 aliphatic carbocycles. The molecular formula is C19H23BrFNO4. The number of aliphatic hydroxyl groups is 1. The van der Waals surface area contributed by atoms with Crippen molar-refractivity contribution < 1.29 is 23.7 Å². The van der Waals surface area contributed by atoms with Gasteiger partial charge in [-0.05, 0) is 23.8 Å². The van der Waals surface area contributed by atoms with Crippen LogP contribution >= 0.6 is 15.9 Å². The van der Waals surface area contributed by atoms with E-state index in [0.717, 1.165) is 10.0 Å². The number of methoxy groups -OCH3 is 1. The fourth-order valence-corrected chi connectivity index (χ4v) is 2.75. The van der Waals surface area contributed by atoms with Crippen LogP contribution in [0.15, 0.2) is 40.9 Å². The molecule has 2 aromatic rings. The summed E-state index contributed by atoms with van der Waals surface area (Å²) in [7, 11) is 1.57. The lowest BCUT2D eigenvalue weighted by molar-refractivity contribution is 0.0938. The first-order chi connectivity index (χ1) is 12.7. The van der Waals surface area contributed by atoms with Gasteiger partial charge in [0.1, 0.15) is 12.4 Å². The van der Waals surface area contributed by atoms with E-state index in [2.05, 4.69) is 21.2 Å². The molecule has 0 spiro atoms. The zero-order chi connectivity index (χ0) is 18.8. The maximum absolute atomic E-state index is 13.7. The monoisotopic (exact) mass is 427 g/mol. The van der Waals surface area contributed by atoms with Crippen molar-refractivity contribution in [2.75, 3.05) is 33.5 Å². The van der Waals surface area contributed by atoms with Gasteiger partial charge < -0.3 is 24.6 Å². The molecule has 0 amide bonds. The van der Waals surface area contributed by atoms with Gasteiger partial charge in [0.15, 0.2) is 11.5 Å². The van der Waals surface area contributed by atoms with Crippen LogP contribution in [-0.2, 0) is 17.9 Å². The summed E-state index contributed by atoms with van der Waals surface area (Å²) in [6.45, 7) is 2.30. The number of nitrogens with one attached hydrogen (secondary N) is 1. The number of benzene rings is 2. The van der Waals surface area contributed by atoms with Gasteiger partial charge in [0.05, 0.1) is 26.9 Å².